The lowest BCUT2D eigenvalue weighted by Crippen LogP contribution is -2.11. The molecular formula is C13H19F3N2O. The fourth-order valence-electron chi connectivity index (χ4n) is 1.43. The summed E-state index contributed by atoms with van der Waals surface area (Å²) in [4.78, 5) is 3.51. The van der Waals surface area contributed by atoms with E-state index >= 15 is 0 Å². The topological polar surface area (TPSA) is 34.1 Å². The Bertz CT molecular complexity index is 369. The molecule has 6 heteroatoms. The summed E-state index contributed by atoms with van der Waals surface area (Å²) in [5.74, 6) is 0.239. The first kappa shape index (κ1) is 15.8. The molecule has 0 bridgehead atoms. The standard InChI is InChI=1S/C13H19F3N2O/c1-2-3-9-19-10-5-8-17-12-7-4-6-11(18-12)13(14,15)16/h4,6-7H,2-3,5,8-10H2,1H3,(H,17,18). The molecule has 1 heterocycles. The van der Waals surface area contributed by atoms with Crippen LogP contribution in [0.15, 0.2) is 18.2 Å². The minimum absolute atomic E-state index is 0.239. The summed E-state index contributed by atoms with van der Waals surface area (Å²) in [5, 5.41) is 2.86. The molecule has 1 N–H and O–H groups in total. The van der Waals surface area contributed by atoms with Crippen molar-refractivity contribution in [1.29, 1.82) is 0 Å². The van der Waals surface area contributed by atoms with Crippen LogP contribution in [0.3, 0.4) is 0 Å². The van der Waals surface area contributed by atoms with Crippen molar-refractivity contribution < 1.29 is 17.9 Å². The molecule has 0 atom stereocenters. The van der Waals surface area contributed by atoms with Gasteiger partial charge in [0.25, 0.3) is 0 Å². The van der Waals surface area contributed by atoms with E-state index in [1.807, 2.05) is 0 Å². The number of anilines is 1. The van der Waals surface area contributed by atoms with Crippen molar-refractivity contribution >= 4 is 5.82 Å². The number of nitrogens with zero attached hydrogens (tertiary/aromatic N) is 1. The normalized spacial score (nSPS) is 11.6. The van der Waals surface area contributed by atoms with Crippen molar-refractivity contribution in [3.8, 4) is 0 Å². The predicted molar refractivity (Wildman–Crippen MR) is 68.1 cm³/mol. The first-order chi connectivity index (χ1) is 9.04. The van der Waals surface area contributed by atoms with Gasteiger partial charge in [-0.1, -0.05) is 19.4 Å². The van der Waals surface area contributed by atoms with Crippen LogP contribution in [-0.2, 0) is 10.9 Å². The Morgan fingerprint density at radius 3 is 2.63 bits per heavy atom. The highest BCUT2D eigenvalue weighted by molar-refractivity contribution is 5.35. The van der Waals surface area contributed by atoms with Crippen LogP contribution in [0.5, 0.6) is 0 Å². The quantitative estimate of drug-likeness (QED) is 0.735. The van der Waals surface area contributed by atoms with Gasteiger partial charge in [-0.25, -0.2) is 4.98 Å². The molecule has 0 aromatic carbocycles. The molecule has 3 nitrogen and oxygen atoms in total. The number of hydrogen-bond acceptors (Lipinski definition) is 3. The summed E-state index contributed by atoms with van der Waals surface area (Å²) in [6.45, 7) is 3.97. The minimum Gasteiger partial charge on any atom is -0.381 e. The number of ether oxygens (including phenoxy) is 1. The number of hydrogen-bond donors (Lipinski definition) is 1. The molecule has 0 radical (unpaired) electrons. The molecule has 0 saturated carbocycles. The SMILES string of the molecule is CCCCOCCCNc1cccc(C(F)(F)F)n1. The fraction of sp³-hybridized carbons (Fsp3) is 0.615. The van der Waals surface area contributed by atoms with Crippen molar-refractivity contribution in [1.82, 2.24) is 4.98 Å². The van der Waals surface area contributed by atoms with Gasteiger partial charge < -0.3 is 10.1 Å². The van der Waals surface area contributed by atoms with E-state index in [0.717, 1.165) is 31.9 Å². The van der Waals surface area contributed by atoms with Crippen LogP contribution in [0, 0.1) is 0 Å². The molecule has 19 heavy (non-hydrogen) atoms. The largest absolute Gasteiger partial charge is 0.433 e. The third kappa shape index (κ3) is 6.42. The van der Waals surface area contributed by atoms with Gasteiger partial charge in [-0.05, 0) is 25.0 Å². The maximum atomic E-state index is 12.4. The summed E-state index contributed by atoms with van der Waals surface area (Å²) in [6.07, 6.45) is -1.54. The second-order valence-corrected chi connectivity index (χ2v) is 4.15. The Morgan fingerprint density at radius 1 is 1.21 bits per heavy atom. The highest BCUT2D eigenvalue weighted by Crippen LogP contribution is 2.28. The van der Waals surface area contributed by atoms with Gasteiger partial charge in [-0.2, -0.15) is 13.2 Å². The Hall–Kier alpha value is -1.30. The van der Waals surface area contributed by atoms with Crippen molar-refractivity contribution in [2.24, 2.45) is 0 Å². The lowest BCUT2D eigenvalue weighted by molar-refractivity contribution is -0.141. The second kappa shape index (κ2) is 7.99. The van der Waals surface area contributed by atoms with Crippen LogP contribution in [0.2, 0.25) is 0 Å². The van der Waals surface area contributed by atoms with Crippen molar-refractivity contribution in [2.75, 3.05) is 25.1 Å². The van der Waals surface area contributed by atoms with Gasteiger partial charge in [0.05, 0.1) is 0 Å². The fourth-order valence-corrected chi connectivity index (χ4v) is 1.43. The molecular weight excluding hydrogens is 257 g/mol. The Kier molecular flexibility index (Phi) is 6.62. The second-order valence-electron chi connectivity index (χ2n) is 4.15. The van der Waals surface area contributed by atoms with E-state index in [0.29, 0.717) is 13.2 Å². The third-order valence-corrected chi connectivity index (χ3v) is 2.45. The van der Waals surface area contributed by atoms with E-state index in [9.17, 15) is 13.2 Å². The van der Waals surface area contributed by atoms with Gasteiger partial charge in [0.2, 0.25) is 0 Å². The number of pyridine rings is 1. The first-order valence-corrected chi connectivity index (χ1v) is 6.40. The van der Waals surface area contributed by atoms with E-state index in [4.69, 9.17) is 4.74 Å². The van der Waals surface area contributed by atoms with E-state index < -0.39 is 11.9 Å². The molecule has 108 valence electrons. The number of alkyl halides is 3. The van der Waals surface area contributed by atoms with Crippen LogP contribution in [0.1, 0.15) is 31.9 Å². The highest BCUT2D eigenvalue weighted by Gasteiger charge is 2.32. The van der Waals surface area contributed by atoms with Crippen LogP contribution in [-0.4, -0.2) is 24.7 Å². The molecule has 0 aliphatic rings. The zero-order valence-electron chi connectivity index (χ0n) is 11.0. The summed E-state index contributed by atoms with van der Waals surface area (Å²) in [7, 11) is 0. The van der Waals surface area contributed by atoms with Crippen LogP contribution < -0.4 is 5.32 Å². The monoisotopic (exact) mass is 276 g/mol. The Labute approximate surface area is 111 Å². The Balaban J connectivity index is 2.26. The van der Waals surface area contributed by atoms with Gasteiger partial charge in [-0.3, -0.25) is 0 Å². The smallest absolute Gasteiger partial charge is 0.381 e. The molecule has 0 aliphatic carbocycles. The predicted octanol–water partition coefficient (Wildman–Crippen LogP) is 3.72. The van der Waals surface area contributed by atoms with Gasteiger partial charge >= 0.3 is 6.18 Å². The molecule has 0 unspecified atom stereocenters. The first-order valence-electron chi connectivity index (χ1n) is 6.40. The summed E-state index contributed by atoms with van der Waals surface area (Å²) < 4.78 is 42.6. The number of nitrogens with one attached hydrogen (secondary N) is 1. The molecule has 1 aromatic heterocycles. The van der Waals surface area contributed by atoms with Crippen LogP contribution in [0.4, 0.5) is 19.0 Å². The third-order valence-electron chi connectivity index (χ3n) is 2.45. The van der Waals surface area contributed by atoms with E-state index in [1.54, 1.807) is 0 Å². The van der Waals surface area contributed by atoms with Crippen LogP contribution >= 0.6 is 0 Å². The molecule has 0 spiro atoms. The maximum Gasteiger partial charge on any atom is 0.433 e. The molecule has 0 saturated heterocycles. The van der Waals surface area contributed by atoms with Gasteiger partial charge in [0, 0.05) is 19.8 Å². The summed E-state index contributed by atoms with van der Waals surface area (Å²) in [5.41, 5.74) is -0.878. The lowest BCUT2D eigenvalue weighted by Gasteiger charge is -2.09. The van der Waals surface area contributed by atoms with E-state index in [2.05, 4.69) is 17.2 Å². The summed E-state index contributed by atoms with van der Waals surface area (Å²) >= 11 is 0. The molecule has 0 aliphatic heterocycles. The number of halogens is 3. The van der Waals surface area contributed by atoms with E-state index in [-0.39, 0.29) is 5.82 Å². The lowest BCUT2D eigenvalue weighted by atomic mass is 10.3. The number of unbranched alkanes of at least 4 members (excludes halogenated alkanes) is 1. The summed E-state index contributed by atoms with van der Waals surface area (Å²) in [6, 6.07) is 3.82. The Morgan fingerprint density at radius 2 is 1.95 bits per heavy atom. The van der Waals surface area contributed by atoms with Gasteiger partial charge in [0.1, 0.15) is 11.5 Å². The molecule has 0 amide bonds. The van der Waals surface area contributed by atoms with Crippen LogP contribution in [0.25, 0.3) is 0 Å². The number of rotatable bonds is 8. The van der Waals surface area contributed by atoms with Crippen molar-refractivity contribution in [3.63, 3.8) is 0 Å². The van der Waals surface area contributed by atoms with Gasteiger partial charge in [0.15, 0.2) is 0 Å². The molecule has 1 rings (SSSR count). The highest BCUT2D eigenvalue weighted by atomic mass is 19.4. The molecule has 1 aromatic rings. The minimum atomic E-state index is -4.40. The average Bonchev–Trinajstić information content (AvgIpc) is 2.37. The molecule has 0 fully saturated rings. The zero-order valence-corrected chi connectivity index (χ0v) is 11.0. The van der Waals surface area contributed by atoms with E-state index in [1.165, 1.54) is 12.1 Å². The van der Waals surface area contributed by atoms with Gasteiger partial charge in [-0.15, -0.1) is 0 Å². The maximum absolute atomic E-state index is 12.4. The van der Waals surface area contributed by atoms with Crippen molar-refractivity contribution in [2.45, 2.75) is 32.4 Å². The number of aromatic nitrogens is 1. The van der Waals surface area contributed by atoms with Crippen molar-refractivity contribution in [3.05, 3.63) is 23.9 Å². The zero-order chi connectivity index (χ0) is 14.1. The average molecular weight is 276 g/mol.